The lowest BCUT2D eigenvalue weighted by atomic mass is 10.0. The van der Waals surface area contributed by atoms with Gasteiger partial charge in [-0.05, 0) is 47.9 Å². The first-order chi connectivity index (χ1) is 9.69. The van der Waals surface area contributed by atoms with Gasteiger partial charge in [0, 0.05) is 34.8 Å². The number of benzene rings is 1. The fourth-order valence-corrected chi connectivity index (χ4v) is 4.21. The quantitative estimate of drug-likeness (QED) is 0.897. The number of hydrogen-bond donors (Lipinski definition) is 1. The van der Waals surface area contributed by atoms with Gasteiger partial charge in [0.15, 0.2) is 0 Å². The van der Waals surface area contributed by atoms with Crippen LogP contribution in [0.1, 0.15) is 41.8 Å². The minimum absolute atomic E-state index is 0.514. The van der Waals surface area contributed by atoms with Gasteiger partial charge in [-0.1, -0.05) is 13.8 Å². The van der Waals surface area contributed by atoms with E-state index < -0.39 is 0 Å². The Hall–Kier alpha value is -0.900. The van der Waals surface area contributed by atoms with Crippen LogP contribution in [0, 0.1) is 0 Å². The molecule has 20 heavy (non-hydrogen) atoms. The van der Waals surface area contributed by atoms with Crippen LogP contribution in [0.25, 0.3) is 10.1 Å². The maximum Gasteiger partial charge on any atom is 0.0730 e. The molecule has 0 bridgehead atoms. The van der Waals surface area contributed by atoms with Gasteiger partial charge in [0.05, 0.1) is 6.61 Å². The van der Waals surface area contributed by atoms with Gasteiger partial charge >= 0.3 is 0 Å². The largest absolute Gasteiger partial charge is 0.380 e. The maximum atomic E-state index is 5.44. The molecule has 0 atom stereocenters. The lowest BCUT2D eigenvalue weighted by molar-refractivity contribution is 0.185. The summed E-state index contributed by atoms with van der Waals surface area (Å²) in [6.45, 7) is 6.05. The Morgan fingerprint density at radius 1 is 1.25 bits per heavy atom. The Morgan fingerprint density at radius 3 is 2.70 bits per heavy atom. The van der Waals surface area contributed by atoms with Crippen molar-refractivity contribution in [3.8, 4) is 0 Å². The van der Waals surface area contributed by atoms with Crippen LogP contribution in [0.2, 0.25) is 0 Å². The molecule has 3 heteroatoms. The highest BCUT2D eigenvalue weighted by atomic mass is 32.1. The van der Waals surface area contributed by atoms with E-state index in [1.54, 1.807) is 18.2 Å². The molecule has 0 fully saturated rings. The molecule has 1 aromatic carbocycles. The molecular weight excluding hydrogens is 266 g/mol. The maximum absolute atomic E-state index is 5.44. The summed E-state index contributed by atoms with van der Waals surface area (Å²) >= 11 is 1.93. The van der Waals surface area contributed by atoms with Crippen molar-refractivity contribution in [2.45, 2.75) is 52.3 Å². The molecule has 1 aliphatic carbocycles. The normalized spacial score (nSPS) is 14.4. The third kappa shape index (κ3) is 2.62. The second kappa shape index (κ2) is 5.84. The zero-order valence-corrected chi connectivity index (χ0v) is 13.4. The number of hydrogen-bond acceptors (Lipinski definition) is 3. The smallest absolute Gasteiger partial charge is 0.0730 e. The van der Waals surface area contributed by atoms with Crippen LogP contribution in [0.3, 0.4) is 0 Å². The standard InChI is InChI=1S/C17H23NOS/c1-11(2)18-9-17-15(10-19-3)14-7-12-5-4-6-13(12)8-16(14)20-17/h7-8,11,18H,4-6,9-10H2,1-3H3. The number of thiophene rings is 1. The molecule has 0 radical (unpaired) electrons. The van der Waals surface area contributed by atoms with Gasteiger partial charge in [-0.2, -0.15) is 0 Å². The first-order valence-electron chi connectivity index (χ1n) is 7.47. The number of aryl methyl sites for hydroxylation is 2. The predicted molar refractivity (Wildman–Crippen MR) is 86.5 cm³/mol. The Bertz CT molecular complexity index is 615. The summed E-state index contributed by atoms with van der Waals surface area (Å²) in [5, 5.41) is 4.95. The number of ether oxygens (including phenoxy) is 1. The van der Waals surface area contributed by atoms with Gasteiger partial charge < -0.3 is 10.1 Å². The fraction of sp³-hybridized carbons (Fsp3) is 0.529. The molecule has 1 aliphatic rings. The second-order valence-corrected chi connectivity index (χ2v) is 7.08. The molecule has 3 rings (SSSR count). The average molecular weight is 289 g/mol. The second-order valence-electron chi connectivity index (χ2n) is 5.94. The van der Waals surface area contributed by atoms with E-state index in [1.807, 2.05) is 11.3 Å². The Kier molecular flexibility index (Phi) is 4.11. The van der Waals surface area contributed by atoms with E-state index in [0.717, 1.165) is 6.54 Å². The number of nitrogens with one attached hydrogen (secondary N) is 1. The Balaban J connectivity index is 2.03. The summed E-state index contributed by atoms with van der Waals surface area (Å²) in [4.78, 5) is 1.43. The molecule has 108 valence electrons. The molecular formula is C17H23NOS. The molecule has 0 amide bonds. The van der Waals surface area contributed by atoms with Crippen LogP contribution in [-0.4, -0.2) is 13.2 Å². The van der Waals surface area contributed by atoms with Crippen LogP contribution in [-0.2, 0) is 30.7 Å². The summed E-state index contributed by atoms with van der Waals surface area (Å²) < 4.78 is 6.87. The predicted octanol–water partition coefficient (Wildman–Crippen LogP) is 4.03. The van der Waals surface area contributed by atoms with E-state index in [2.05, 4.69) is 31.3 Å². The Morgan fingerprint density at radius 2 is 2.00 bits per heavy atom. The van der Waals surface area contributed by atoms with Crippen molar-refractivity contribution in [2.24, 2.45) is 0 Å². The van der Waals surface area contributed by atoms with E-state index in [-0.39, 0.29) is 0 Å². The molecule has 1 heterocycles. The summed E-state index contributed by atoms with van der Waals surface area (Å²) in [5.41, 5.74) is 4.50. The Labute approximate surface area is 125 Å². The lowest BCUT2D eigenvalue weighted by Gasteiger charge is -2.08. The van der Waals surface area contributed by atoms with Crippen LogP contribution in [0.15, 0.2) is 12.1 Å². The minimum Gasteiger partial charge on any atom is -0.380 e. The summed E-state index contributed by atoms with van der Waals surface area (Å²) in [5.74, 6) is 0. The van der Waals surface area contributed by atoms with Crippen molar-refractivity contribution in [3.05, 3.63) is 33.7 Å². The molecule has 2 aromatic rings. The van der Waals surface area contributed by atoms with Gasteiger partial charge in [0.1, 0.15) is 0 Å². The lowest BCUT2D eigenvalue weighted by Crippen LogP contribution is -2.21. The summed E-state index contributed by atoms with van der Waals surface area (Å²) in [6.07, 6.45) is 3.81. The first kappa shape index (κ1) is 14.1. The van der Waals surface area contributed by atoms with Crippen molar-refractivity contribution < 1.29 is 4.74 Å². The van der Waals surface area contributed by atoms with E-state index in [0.29, 0.717) is 12.6 Å². The van der Waals surface area contributed by atoms with Gasteiger partial charge in [-0.25, -0.2) is 0 Å². The SMILES string of the molecule is COCc1c(CNC(C)C)sc2cc3c(cc12)CCC3. The van der Waals surface area contributed by atoms with Crippen LogP contribution < -0.4 is 5.32 Å². The number of rotatable bonds is 5. The van der Waals surface area contributed by atoms with Crippen molar-refractivity contribution in [3.63, 3.8) is 0 Å². The molecule has 0 unspecified atom stereocenters. The highest BCUT2D eigenvalue weighted by Crippen LogP contribution is 2.36. The van der Waals surface area contributed by atoms with Crippen molar-refractivity contribution >= 4 is 21.4 Å². The zero-order valence-electron chi connectivity index (χ0n) is 12.6. The third-order valence-corrected chi connectivity index (χ3v) is 5.24. The monoisotopic (exact) mass is 289 g/mol. The van der Waals surface area contributed by atoms with E-state index >= 15 is 0 Å². The zero-order chi connectivity index (χ0) is 14.1. The highest BCUT2D eigenvalue weighted by Gasteiger charge is 2.17. The topological polar surface area (TPSA) is 21.3 Å². The van der Waals surface area contributed by atoms with Crippen LogP contribution in [0.4, 0.5) is 0 Å². The molecule has 1 aromatic heterocycles. The van der Waals surface area contributed by atoms with Gasteiger partial charge in [-0.3, -0.25) is 0 Å². The fourth-order valence-electron chi connectivity index (χ4n) is 3.01. The summed E-state index contributed by atoms with van der Waals surface area (Å²) in [6, 6.07) is 5.35. The van der Waals surface area contributed by atoms with E-state index in [1.165, 1.54) is 39.8 Å². The highest BCUT2D eigenvalue weighted by molar-refractivity contribution is 7.19. The number of methoxy groups -OCH3 is 1. The van der Waals surface area contributed by atoms with Crippen molar-refractivity contribution in [1.82, 2.24) is 5.32 Å². The first-order valence-corrected chi connectivity index (χ1v) is 8.29. The molecule has 1 N–H and O–H groups in total. The molecule has 0 saturated heterocycles. The molecule has 2 nitrogen and oxygen atoms in total. The number of fused-ring (bicyclic) bond motifs is 2. The van der Waals surface area contributed by atoms with Crippen LogP contribution in [0.5, 0.6) is 0 Å². The third-order valence-electron chi connectivity index (χ3n) is 4.05. The molecule has 0 spiro atoms. The summed E-state index contributed by atoms with van der Waals surface area (Å²) in [7, 11) is 1.79. The molecule has 0 saturated carbocycles. The van der Waals surface area contributed by atoms with Gasteiger partial charge in [0.25, 0.3) is 0 Å². The average Bonchev–Trinajstić information content (AvgIpc) is 2.99. The van der Waals surface area contributed by atoms with Gasteiger partial charge in [0.2, 0.25) is 0 Å². The van der Waals surface area contributed by atoms with Crippen molar-refractivity contribution in [1.29, 1.82) is 0 Å². The van der Waals surface area contributed by atoms with E-state index in [4.69, 9.17) is 4.74 Å². The molecule has 0 aliphatic heterocycles. The van der Waals surface area contributed by atoms with Crippen molar-refractivity contribution in [2.75, 3.05) is 7.11 Å². The van der Waals surface area contributed by atoms with E-state index in [9.17, 15) is 0 Å². The van der Waals surface area contributed by atoms with Crippen LogP contribution >= 0.6 is 11.3 Å². The van der Waals surface area contributed by atoms with Gasteiger partial charge in [-0.15, -0.1) is 11.3 Å². The minimum atomic E-state index is 0.514.